The lowest BCUT2D eigenvalue weighted by molar-refractivity contribution is 0.0734. The first-order valence-electron chi connectivity index (χ1n) is 10.7. The molecule has 1 saturated carbocycles. The molecular weight excluding hydrogens is 389 g/mol. The van der Waals surface area contributed by atoms with Crippen molar-refractivity contribution in [3.63, 3.8) is 0 Å². The van der Waals surface area contributed by atoms with Gasteiger partial charge in [-0.05, 0) is 77.8 Å². The normalized spacial score (nSPS) is 18.2. The second-order valence-electron chi connectivity index (χ2n) is 8.30. The molecule has 1 aliphatic carbocycles. The Bertz CT molecular complexity index is 1110. The number of halogens is 1. The predicted octanol–water partition coefficient (Wildman–Crippen LogP) is 6.88. The molecule has 156 valence electrons. The van der Waals surface area contributed by atoms with E-state index in [2.05, 4.69) is 6.92 Å². The molecule has 0 saturated heterocycles. The van der Waals surface area contributed by atoms with Crippen LogP contribution in [0.5, 0.6) is 5.75 Å². The van der Waals surface area contributed by atoms with Crippen LogP contribution in [0.3, 0.4) is 0 Å². The van der Waals surface area contributed by atoms with E-state index in [4.69, 9.17) is 10.00 Å². The molecule has 3 nitrogen and oxygen atoms in total. The van der Waals surface area contributed by atoms with Crippen LogP contribution in [-0.2, 0) is 0 Å². The third kappa shape index (κ3) is 4.83. The second kappa shape index (κ2) is 9.14. The maximum Gasteiger partial charge on any atom is 0.343 e. The molecule has 1 fully saturated rings. The molecule has 31 heavy (non-hydrogen) atoms. The predicted molar refractivity (Wildman–Crippen MR) is 118 cm³/mol. The molecule has 0 heterocycles. The van der Waals surface area contributed by atoms with Crippen LogP contribution in [0.2, 0.25) is 0 Å². The molecular formula is C27H24FNO2. The maximum absolute atomic E-state index is 13.8. The fourth-order valence-electron chi connectivity index (χ4n) is 4.15. The molecule has 0 N–H and O–H groups in total. The van der Waals surface area contributed by atoms with Gasteiger partial charge in [0.15, 0.2) is 0 Å². The van der Waals surface area contributed by atoms with Crippen LogP contribution in [0.4, 0.5) is 4.39 Å². The van der Waals surface area contributed by atoms with E-state index in [0.717, 1.165) is 11.5 Å². The number of ether oxygens (including phenoxy) is 1. The molecule has 0 aliphatic heterocycles. The zero-order valence-electron chi connectivity index (χ0n) is 17.5. The van der Waals surface area contributed by atoms with Crippen molar-refractivity contribution in [3.05, 3.63) is 89.2 Å². The minimum Gasteiger partial charge on any atom is -0.423 e. The number of nitriles is 1. The standard InChI is InChI=1S/C27H24FNO2/c1-18-2-4-19(5-3-18)20-6-8-22(9-7-20)27(30)31-25-14-12-21(13-15-25)23-10-11-24(17-29)26(28)16-23/h6-16,18-19H,2-5H2,1H3. The van der Waals surface area contributed by atoms with Gasteiger partial charge in [-0.1, -0.05) is 50.1 Å². The number of hydrogen-bond donors (Lipinski definition) is 0. The highest BCUT2D eigenvalue weighted by Gasteiger charge is 2.20. The smallest absolute Gasteiger partial charge is 0.343 e. The maximum atomic E-state index is 13.8. The monoisotopic (exact) mass is 413 g/mol. The summed E-state index contributed by atoms with van der Waals surface area (Å²) < 4.78 is 19.3. The summed E-state index contributed by atoms with van der Waals surface area (Å²) in [5, 5.41) is 8.85. The highest BCUT2D eigenvalue weighted by Crippen LogP contribution is 2.35. The number of rotatable bonds is 4. The number of nitrogens with zero attached hydrogens (tertiary/aromatic N) is 1. The van der Waals surface area contributed by atoms with Crippen molar-refractivity contribution < 1.29 is 13.9 Å². The van der Waals surface area contributed by atoms with Gasteiger partial charge in [-0.2, -0.15) is 5.26 Å². The Balaban J connectivity index is 1.40. The Morgan fingerprint density at radius 1 is 0.935 bits per heavy atom. The summed E-state index contributed by atoms with van der Waals surface area (Å²) in [6, 6.07) is 20.9. The van der Waals surface area contributed by atoms with Crippen LogP contribution >= 0.6 is 0 Å². The van der Waals surface area contributed by atoms with Gasteiger partial charge in [0.1, 0.15) is 17.6 Å². The molecule has 0 spiro atoms. The number of carbonyl (C=O) groups excluding carboxylic acids is 1. The van der Waals surface area contributed by atoms with E-state index >= 15 is 0 Å². The van der Waals surface area contributed by atoms with E-state index in [1.54, 1.807) is 30.3 Å². The Morgan fingerprint density at radius 2 is 1.58 bits per heavy atom. The largest absolute Gasteiger partial charge is 0.423 e. The highest BCUT2D eigenvalue weighted by atomic mass is 19.1. The van der Waals surface area contributed by atoms with E-state index in [1.807, 2.05) is 30.3 Å². The molecule has 0 aromatic heterocycles. The molecule has 4 heteroatoms. The van der Waals surface area contributed by atoms with Crippen LogP contribution in [0.15, 0.2) is 66.7 Å². The van der Waals surface area contributed by atoms with E-state index in [1.165, 1.54) is 43.4 Å². The molecule has 0 amide bonds. The summed E-state index contributed by atoms with van der Waals surface area (Å²) in [6.45, 7) is 2.31. The van der Waals surface area contributed by atoms with Crippen molar-refractivity contribution in [2.45, 2.75) is 38.5 Å². The molecule has 3 aromatic rings. The summed E-state index contributed by atoms with van der Waals surface area (Å²) in [5.41, 5.74) is 3.25. The Labute approximate surface area is 182 Å². The Morgan fingerprint density at radius 3 is 2.19 bits per heavy atom. The van der Waals surface area contributed by atoms with Gasteiger partial charge in [0.2, 0.25) is 0 Å². The Kier molecular flexibility index (Phi) is 6.13. The van der Waals surface area contributed by atoms with Gasteiger partial charge in [0, 0.05) is 0 Å². The van der Waals surface area contributed by atoms with Crippen LogP contribution in [0.25, 0.3) is 11.1 Å². The lowest BCUT2D eigenvalue weighted by Crippen LogP contribution is -2.12. The first-order valence-corrected chi connectivity index (χ1v) is 10.7. The van der Waals surface area contributed by atoms with Gasteiger partial charge in [-0.3, -0.25) is 0 Å². The molecule has 1 aliphatic rings. The average Bonchev–Trinajstić information content (AvgIpc) is 2.80. The van der Waals surface area contributed by atoms with Crippen molar-refractivity contribution in [3.8, 4) is 22.9 Å². The minimum absolute atomic E-state index is 0.0124. The number of hydrogen-bond acceptors (Lipinski definition) is 3. The van der Waals surface area contributed by atoms with Gasteiger partial charge in [0.25, 0.3) is 0 Å². The number of benzene rings is 3. The van der Waals surface area contributed by atoms with E-state index in [0.29, 0.717) is 22.8 Å². The second-order valence-corrected chi connectivity index (χ2v) is 8.30. The molecule has 0 unspecified atom stereocenters. The number of esters is 1. The molecule has 0 radical (unpaired) electrons. The lowest BCUT2D eigenvalue weighted by Gasteiger charge is -2.26. The average molecular weight is 413 g/mol. The summed E-state index contributed by atoms with van der Waals surface area (Å²) in [6.07, 6.45) is 4.94. The van der Waals surface area contributed by atoms with Crippen LogP contribution in [0, 0.1) is 23.1 Å². The van der Waals surface area contributed by atoms with E-state index < -0.39 is 11.8 Å². The fourth-order valence-corrected chi connectivity index (χ4v) is 4.15. The van der Waals surface area contributed by atoms with Crippen LogP contribution < -0.4 is 4.74 Å². The SMILES string of the molecule is CC1CCC(c2ccc(C(=O)Oc3ccc(-c4ccc(C#N)c(F)c4)cc3)cc2)CC1. The quantitative estimate of drug-likeness (QED) is 0.346. The fraction of sp³-hybridized carbons (Fsp3) is 0.259. The molecule has 0 atom stereocenters. The summed E-state index contributed by atoms with van der Waals surface area (Å²) >= 11 is 0. The topological polar surface area (TPSA) is 50.1 Å². The first-order chi connectivity index (χ1) is 15.0. The highest BCUT2D eigenvalue weighted by molar-refractivity contribution is 5.91. The van der Waals surface area contributed by atoms with Crippen molar-refractivity contribution >= 4 is 5.97 Å². The van der Waals surface area contributed by atoms with Crippen LogP contribution in [-0.4, -0.2) is 5.97 Å². The Hall–Kier alpha value is -3.45. The van der Waals surface area contributed by atoms with Crippen molar-refractivity contribution in [1.29, 1.82) is 5.26 Å². The third-order valence-electron chi connectivity index (χ3n) is 6.12. The molecule has 3 aromatic carbocycles. The van der Waals surface area contributed by atoms with Gasteiger partial charge in [-0.25, -0.2) is 9.18 Å². The number of carbonyl (C=O) groups is 1. The first kappa shape index (κ1) is 20.8. The van der Waals surface area contributed by atoms with Crippen molar-refractivity contribution in [1.82, 2.24) is 0 Å². The van der Waals surface area contributed by atoms with Crippen molar-refractivity contribution in [2.24, 2.45) is 5.92 Å². The molecule has 0 bridgehead atoms. The van der Waals surface area contributed by atoms with E-state index in [9.17, 15) is 9.18 Å². The van der Waals surface area contributed by atoms with Gasteiger partial charge < -0.3 is 4.74 Å². The summed E-state index contributed by atoms with van der Waals surface area (Å²) in [4.78, 5) is 12.5. The minimum atomic E-state index is -0.554. The van der Waals surface area contributed by atoms with Crippen LogP contribution in [0.1, 0.15) is 60.0 Å². The zero-order valence-corrected chi connectivity index (χ0v) is 17.5. The van der Waals surface area contributed by atoms with Crippen molar-refractivity contribution in [2.75, 3.05) is 0 Å². The molecule has 4 rings (SSSR count). The van der Waals surface area contributed by atoms with E-state index in [-0.39, 0.29) is 5.56 Å². The third-order valence-corrected chi connectivity index (χ3v) is 6.12. The lowest BCUT2D eigenvalue weighted by atomic mass is 9.79. The zero-order chi connectivity index (χ0) is 21.8. The van der Waals surface area contributed by atoms with Gasteiger partial charge >= 0.3 is 5.97 Å². The van der Waals surface area contributed by atoms with Gasteiger partial charge in [-0.15, -0.1) is 0 Å². The van der Waals surface area contributed by atoms with Gasteiger partial charge in [0.05, 0.1) is 11.1 Å². The summed E-state index contributed by atoms with van der Waals surface area (Å²) in [5.74, 6) is 0.865. The summed E-state index contributed by atoms with van der Waals surface area (Å²) in [7, 11) is 0.